The highest BCUT2D eigenvalue weighted by Crippen LogP contribution is 2.33. The molecule has 0 saturated heterocycles. The maximum atomic E-state index is 12.9. The van der Waals surface area contributed by atoms with E-state index in [1.807, 2.05) is 43.3 Å². The number of non-ortho nitro benzene ring substituents is 1. The molecule has 41 heavy (non-hydrogen) atoms. The summed E-state index contributed by atoms with van der Waals surface area (Å²) >= 11 is 6.95. The minimum Gasteiger partial charge on any atom is -0.490 e. The van der Waals surface area contributed by atoms with Gasteiger partial charge in [-0.3, -0.25) is 14.9 Å². The van der Waals surface area contributed by atoms with Crippen LogP contribution in [0.4, 0.5) is 5.69 Å². The minimum atomic E-state index is -0.454. The highest BCUT2D eigenvalue weighted by atomic mass is 79.9. The van der Waals surface area contributed by atoms with Crippen LogP contribution in [0.2, 0.25) is 0 Å². The average molecular weight is 683 g/mol. The van der Waals surface area contributed by atoms with Crippen LogP contribution in [-0.2, 0) is 13.2 Å². The highest BCUT2D eigenvalue weighted by Gasteiger charge is 2.13. The summed E-state index contributed by atoms with van der Waals surface area (Å²) in [5.74, 6) is 1.05. The molecule has 0 spiro atoms. The zero-order valence-electron chi connectivity index (χ0n) is 21.9. The van der Waals surface area contributed by atoms with E-state index in [4.69, 9.17) is 14.2 Å². The van der Waals surface area contributed by atoms with Crippen molar-refractivity contribution in [2.75, 3.05) is 6.61 Å². The Kier molecular flexibility index (Phi) is 10.5. The monoisotopic (exact) mass is 681 g/mol. The standard InChI is InChI=1S/C30H25Br2N3O6/c1-2-39-28-15-22(10-13-27(28)40-18-20-6-4-3-5-7-20)30(36)34-33-17-23-14-24(31)16-26(32)29(23)41-19-21-8-11-25(12-9-21)35(37)38/h3-17H,2,18-19H2,1H3,(H,34,36)/b33-17+. The van der Waals surface area contributed by atoms with Crippen molar-refractivity contribution in [3.05, 3.63) is 126 Å². The number of rotatable bonds is 12. The van der Waals surface area contributed by atoms with Gasteiger partial charge in [0.05, 0.1) is 22.2 Å². The smallest absolute Gasteiger partial charge is 0.271 e. The molecule has 0 aliphatic heterocycles. The molecule has 0 radical (unpaired) electrons. The molecule has 0 aromatic heterocycles. The third-order valence-electron chi connectivity index (χ3n) is 5.68. The summed E-state index contributed by atoms with van der Waals surface area (Å²) in [7, 11) is 0. The molecule has 0 saturated carbocycles. The van der Waals surface area contributed by atoms with Gasteiger partial charge in [-0.25, -0.2) is 5.43 Å². The minimum absolute atomic E-state index is 0.00450. The van der Waals surface area contributed by atoms with Crippen molar-refractivity contribution in [1.29, 1.82) is 0 Å². The molecule has 9 nitrogen and oxygen atoms in total. The number of hydrogen-bond donors (Lipinski definition) is 1. The number of halogens is 2. The van der Waals surface area contributed by atoms with Gasteiger partial charge in [-0.1, -0.05) is 46.3 Å². The third kappa shape index (κ3) is 8.38. The molecule has 11 heteroatoms. The Hall–Kier alpha value is -4.22. The molecule has 0 aliphatic rings. The van der Waals surface area contributed by atoms with Crippen LogP contribution in [0.3, 0.4) is 0 Å². The van der Waals surface area contributed by atoms with Crippen molar-refractivity contribution in [3.63, 3.8) is 0 Å². The van der Waals surface area contributed by atoms with Crippen molar-refractivity contribution in [1.82, 2.24) is 5.43 Å². The van der Waals surface area contributed by atoms with E-state index in [9.17, 15) is 14.9 Å². The van der Waals surface area contributed by atoms with E-state index in [1.54, 1.807) is 36.4 Å². The van der Waals surface area contributed by atoms with Crippen LogP contribution in [0, 0.1) is 10.1 Å². The average Bonchev–Trinajstić information content (AvgIpc) is 2.96. The number of benzene rings is 4. The van der Waals surface area contributed by atoms with Crippen molar-refractivity contribution in [2.45, 2.75) is 20.1 Å². The lowest BCUT2D eigenvalue weighted by molar-refractivity contribution is -0.384. The largest absolute Gasteiger partial charge is 0.490 e. The zero-order valence-corrected chi connectivity index (χ0v) is 25.1. The van der Waals surface area contributed by atoms with E-state index in [0.717, 1.165) is 15.6 Å². The van der Waals surface area contributed by atoms with Crippen LogP contribution in [0.1, 0.15) is 34.0 Å². The summed E-state index contributed by atoms with van der Waals surface area (Å²) in [6.45, 7) is 2.80. The topological polar surface area (TPSA) is 112 Å². The maximum absolute atomic E-state index is 12.9. The fraction of sp³-hybridized carbons (Fsp3) is 0.133. The number of ether oxygens (including phenoxy) is 3. The summed E-state index contributed by atoms with van der Waals surface area (Å²) in [6, 6.07) is 24.4. The van der Waals surface area contributed by atoms with Gasteiger partial charge in [0, 0.05) is 27.7 Å². The Bertz CT molecular complexity index is 1550. The second kappa shape index (κ2) is 14.4. The molecule has 1 N–H and O–H groups in total. The van der Waals surface area contributed by atoms with Crippen LogP contribution >= 0.6 is 31.9 Å². The first kappa shape index (κ1) is 29.8. The van der Waals surface area contributed by atoms with Crippen LogP contribution in [0.5, 0.6) is 17.2 Å². The molecule has 0 fully saturated rings. The molecule has 210 valence electrons. The Balaban J connectivity index is 1.44. The molecule has 4 aromatic carbocycles. The van der Waals surface area contributed by atoms with E-state index in [1.165, 1.54) is 18.3 Å². The number of nitrogens with one attached hydrogen (secondary N) is 1. The molecule has 0 bridgehead atoms. The van der Waals surface area contributed by atoms with Gasteiger partial charge in [-0.2, -0.15) is 5.10 Å². The lowest BCUT2D eigenvalue weighted by Gasteiger charge is -2.13. The van der Waals surface area contributed by atoms with E-state index in [0.29, 0.717) is 46.1 Å². The lowest BCUT2D eigenvalue weighted by atomic mass is 10.2. The SMILES string of the molecule is CCOc1cc(C(=O)N/N=C/c2cc(Br)cc(Br)c2OCc2ccc([N+](=O)[O-])cc2)ccc1OCc1ccccc1. The van der Waals surface area contributed by atoms with Crippen molar-refractivity contribution < 1.29 is 23.9 Å². The first-order valence-electron chi connectivity index (χ1n) is 12.5. The number of hydrazone groups is 1. The van der Waals surface area contributed by atoms with Gasteiger partial charge in [0.15, 0.2) is 11.5 Å². The first-order chi connectivity index (χ1) is 19.8. The number of nitro groups is 1. The second-order valence-corrected chi connectivity index (χ2v) is 10.4. The fourth-order valence-corrected chi connectivity index (χ4v) is 5.07. The fourth-order valence-electron chi connectivity index (χ4n) is 3.69. The molecule has 0 atom stereocenters. The van der Waals surface area contributed by atoms with Crippen molar-refractivity contribution >= 4 is 49.7 Å². The normalized spacial score (nSPS) is 10.8. The molecular formula is C30H25Br2N3O6. The van der Waals surface area contributed by atoms with Gasteiger partial charge in [-0.05, 0) is 76.4 Å². The Morgan fingerprint density at radius 1 is 0.902 bits per heavy atom. The van der Waals surface area contributed by atoms with Gasteiger partial charge in [0.1, 0.15) is 19.0 Å². The predicted molar refractivity (Wildman–Crippen MR) is 163 cm³/mol. The van der Waals surface area contributed by atoms with Crippen LogP contribution < -0.4 is 19.6 Å². The number of hydrogen-bond acceptors (Lipinski definition) is 7. The summed E-state index contributed by atoms with van der Waals surface area (Å²) in [5, 5.41) is 15.0. The van der Waals surface area contributed by atoms with Crippen molar-refractivity contribution in [2.24, 2.45) is 5.10 Å². The van der Waals surface area contributed by atoms with Gasteiger partial charge >= 0.3 is 0 Å². The lowest BCUT2D eigenvalue weighted by Crippen LogP contribution is -2.18. The van der Waals surface area contributed by atoms with Gasteiger partial charge in [-0.15, -0.1) is 0 Å². The van der Waals surface area contributed by atoms with E-state index < -0.39 is 10.8 Å². The van der Waals surface area contributed by atoms with E-state index in [-0.39, 0.29) is 12.3 Å². The number of nitrogens with zero attached hydrogens (tertiary/aromatic N) is 2. The van der Waals surface area contributed by atoms with Crippen LogP contribution in [-0.4, -0.2) is 23.7 Å². The quantitative estimate of drug-likeness (QED) is 0.0944. The molecule has 1 amide bonds. The van der Waals surface area contributed by atoms with Crippen molar-refractivity contribution in [3.8, 4) is 17.2 Å². The first-order valence-corrected chi connectivity index (χ1v) is 14.0. The zero-order chi connectivity index (χ0) is 29.2. The second-order valence-electron chi connectivity index (χ2n) is 8.59. The highest BCUT2D eigenvalue weighted by molar-refractivity contribution is 9.11. The Morgan fingerprint density at radius 2 is 1.61 bits per heavy atom. The number of carbonyl (C=O) groups is 1. The predicted octanol–water partition coefficient (Wildman–Crippen LogP) is 7.44. The summed E-state index contributed by atoms with van der Waals surface area (Å²) in [4.78, 5) is 23.3. The maximum Gasteiger partial charge on any atom is 0.271 e. The summed E-state index contributed by atoms with van der Waals surface area (Å²) in [5.41, 5.74) is 5.25. The molecule has 0 unspecified atom stereocenters. The van der Waals surface area contributed by atoms with E-state index in [2.05, 4.69) is 42.4 Å². The summed E-state index contributed by atoms with van der Waals surface area (Å²) in [6.07, 6.45) is 1.47. The van der Waals surface area contributed by atoms with E-state index >= 15 is 0 Å². The number of carbonyl (C=O) groups excluding carboxylic acids is 1. The van der Waals surface area contributed by atoms with Gasteiger partial charge < -0.3 is 14.2 Å². The molecule has 4 aromatic rings. The molecule has 4 rings (SSSR count). The summed E-state index contributed by atoms with van der Waals surface area (Å²) < 4.78 is 19.0. The Labute approximate surface area is 253 Å². The third-order valence-corrected chi connectivity index (χ3v) is 6.73. The van der Waals surface area contributed by atoms with Crippen LogP contribution in [0.15, 0.2) is 99.0 Å². The van der Waals surface area contributed by atoms with Gasteiger partial charge in [0.2, 0.25) is 0 Å². The van der Waals surface area contributed by atoms with Gasteiger partial charge in [0.25, 0.3) is 11.6 Å². The number of nitro benzene ring substituents is 1. The molecule has 0 aliphatic carbocycles. The molecule has 0 heterocycles. The van der Waals surface area contributed by atoms with Crippen LogP contribution in [0.25, 0.3) is 0 Å². The molecular weight excluding hydrogens is 658 g/mol. The Morgan fingerprint density at radius 3 is 2.32 bits per heavy atom. The number of amides is 1.